The van der Waals surface area contributed by atoms with Gasteiger partial charge in [-0.15, -0.1) is 0 Å². The Kier molecular flexibility index (Phi) is 8.97. The summed E-state index contributed by atoms with van der Waals surface area (Å²) in [5.41, 5.74) is 0.191. The zero-order valence-corrected chi connectivity index (χ0v) is 19.2. The van der Waals surface area contributed by atoms with Crippen molar-refractivity contribution in [1.29, 1.82) is 0 Å². The smallest absolute Gasteiger partial charge is 0.228 e. The SMILES string of the molecule is COc1cc(OC)cc(C(=O)C(=O)CCCC(=O)C(=O)c2cc(OC)c(OC)c(OC)c2)c1. The lowest BCUT2D eigenvalue weighted by Gasteiger charge is -2.13. The zero-order chi connectivity index (χ0) is 24.5. The first-order chi connectivity index (χ1) is 15.8. The molecule has 0 saturated carbocycles. The van der Waals surface area contributed by atoms with Gasteiger partial charge in [0.2, 0.25) is 28.9 Å². The maximum Gasteiger partial charge on any atom is 0.228 e. The van der Waals surface area contributed by atoms with Crippen molar-refractivity contribution in [2.45, 2.75) is 19.3 Å². The molecule has 0 bridgehead atoms. The molecule has 33 heavy (non-hydrogen) atoms. The summed E-state index contributed by atoms with van der Waals surface area (Å²) in [5, 5.41) is 0. The van der Waals surface area contributed by atoms with Crippen molar-refractivity contribution in [3.8, 4) is 28.7 Å². The number of carbonyl (C=O) groups is 4. The van der Waals surface area contributed by atoms with E-state index in [1.54, 1.807) is 6.07 Å². The van der Waals surface area contributed by atoms with E-state index in [0.717, 1.165) is 0 Å². The molecule has 0 spiro atoms. The molecule has 0 heterocycles. The van der Waals surface area contributed by atoms with E-state index in [4.69, 9.17) is 23.7 Å². The Bertz CT molecular complexity index is 1010. The van der Waals surface area contributed by atoms with Crippen molar-refractivity contribution < 1.29 is 42.9 Å². The Morgan fingerprint density at radius 2 is 1.00 bits per heavy atom. The van der Waals surface area contributed by atoms with E-state index in [1.807, 2.05) is 0 Å². The molecule has 0 unspecified atom stereocenters. The second kappa shape index (κ2) is 11.7. The molecule has 2 rings (SSSR count). The van der Waals surface area contributed by atoms with Crippen molar-refractivity contribution in [2.24, 2.45) is 0 Å². The molecule has 0 amide bonds. The van der Waals surface area contributed by atoms with E-state index in [-0.39, 0.29) is 41.9 Å². The summed E-state index contributed by atoms with van der Waals surface area (Å²) in [5.74, 6) is -1.35. The first-order valence-electron chi connectivity index (χ1n) is 9.97. The lowest BCUT2D eigenvalue weighted by atomic mass is 9.99. The van der Waals surface area contributed by atoms with E-state index in [0.29, 0.717) is 17.2 Å². The predicted molar refractivity (Wildman–Crippen MR) is 118 cm³/mol. The van der Waals surface area contributed by atoms with E-state index >= 15 is 0 Å². The van der Waals surface area contributed by atoms with Crippen LogP contribution in [0.5, 0.6) is 28.7 Å². The van der Waals surface area contributed by atoms with Gasteiger partial charge in [0.05, 0.1) is 35.5 Å². The van der Waals surface area contributed by atoms with Crippen LogP contribution in [0.3, 0.4) is 0 Å². The van der Waals surface area contributed by atoms with Crippen molar-refractivity contribution in [3.05, 3.63) is 41.5 Å². The number of Topliss-reactive ketones (excluding diaryl/α,β-unsaturated/α-hetero) is 4. The van der Waals surface area contributed by atoms with Gasteiger partial charge in [0.1, 0.15) is 11.5 Å². The number of methoxy groups -OCH3 is 5. The largest absolute Gasteiger partial charge is 0.497 e. The third-order valence-corrected chi connectivity index (χ3v) is 4.85. The van der Waals surface area contributed by atoms with Crippen molar-refractivity contribution >= 4 is 23.1 Å². The molecule has 9 nitrogen and oxygen atoms in total. The molecule has 9 heteroatoms. The number of hydrogen-bond acceptors (Lipinski definition) is 9. The Labute approximate surface area is 191 Å². The van der Waals surface area contributed by atoms with E-state index in [2.05, 4.69) is 0 Å². The molecule has 176 valence electrons. The van der Waals surface area contributed by atoms with Crippen LogP contribution in [-0.2, 0) is 9.59 Å². The molecule has 0 radical (unpaired) electrons. The molecule has 0 aliphatic rings. The average Bonchev–Trinajstić information content (AvgIpc) is 2.85. The first kappa shape index (κ1) is 25.4. The highest BCUT2D eigenvalue weighted by atomic mass is 16.5. The van der Waals surface area contributed by atoms with Crippen molar-refractivity contribution in [1.82, 2.24) is 0 Å². The molecule has 0 N–H and O–H groups in total. The van der Waals surface area contributed by atoms with Crippen LogP contribution in [0.2, 0.25) is 0 Å². The van der Waals surface area contributed by atoms with Crippen LogP contribution in [0.15, 0.2) is 30.3 Å². The minimum atomic E-state index is -0.759. The Morgan fingerprint density at radius 1 is 0.576 bits per heavy atom. The Balaban J connectivity index is 2.03. The van der Waals surface area contributed by atoms with Crippen LogP contribution >= 0.6 is 0 Å². The minimum Gasteiger partial charge on any atom is -0.497 e. The van der Waals surface area contributed by atoms with Gasteiger partial charge in [-0.3, -0.25) is 19.2 Å². The fourth-order valence-electron chi connectivity index (χ4n) is 3.11. The molecule has 0 aromatic heterocycles. The quantitative estimate of drug-likeness (QED) is 0.330. The highest BCUT2D eigenvalue weighted by Crippen LogP contribution is 2.38. The van der Waals surface area contributed by atoms with Gasteiger partial charge < -0.3 is 23.7 Å². The highest BCUT2D eigenvalue weighted by molar-refractivity contribution is 6.45. The summed E-state index contributed by atoms with van der Waals surface area (Å²) in [6.07, 6.45) is -0.344. The first-order valence-corrected chi connectivity index (χ1v) is 9.97. The van der Waals surface area contributed by atoms with Crippen LogP contribution in [0, 0.1) is 0 Å². The van der Waals surface area contributed by atoms with Gasteiger partial charge in [0, 0.05) is 30.0 Å². The standard InChI is InChI=1S/C24H26O9/c1-29-16-9-14(10-17(13-16)30-2)22(27)18(25)7-6-8-19(26)23(28)15-11-20(31-3)24(33-5)21(12-15)32-4/h9-13H,6-8H2,1-5H3. The number of ketones is 4. The molecule has 0 saturated heterocycles. The lowest BCUT2D eigenvalue weighted by Crippen LogP contribution is -2.17. The number of benzene rings is 2. The van der Waals surface area contributed by atoms with Crippen LogP contribution in [0.1, 0.15) is 40.0 Å². The molecule has 0 fully saturated rings. The second-order valence-electron chi connectivity index (χ2n) is 6.87. The van der Waals surface area contributed by atoms with E-state index in [1.165, 1.54) is 59.8 Å². The summed E-state index contributed by atoms with van der Waals surface area (Å²) in [6.45, 7) is 0. The highest BCUT2D eigenvalue weighted by Gasteiger charge is 2.23. The van der Waals surface area contributed by atoms with Crippen molar-refractivity contribution in [3.63, 3.8) is 0 Å². The van der Waals surface area contributed by atoms with Crippen molar-refractivity contribution in [2.75, 3.05) is 35.5 Å². The number of ether oxygens (including phenoxy) is 5. The maximum atomic E-state index is 12.6. The van der Waals surface area contributed by atoms with E-state index < -0.39 is 23.1 Å². The molecule has 0 aliphatic carbocycles. The average molecular weight is 458 g/mol. The Morgan fingerprint density at radius 3 is 1.36 bits per heavy atom. The zero-order valence-electron chi connectivity index (χ0n) is 19.2. The predicted octanol–water partition coefficient (Wildman–Crippen LogP) is 3.10. The monoisotopic (exact) mass is 458 g/mol. The molecular formula is C24H26O9. The lowest BCUT2D eigenvalue weighted by molar-refractivity contribution is -0.116. The fraction of sp³-hybridized carbons (Fsp3) is 0.333. The second-order valence-corrected chi connectivity index (χ2v) is 6.87. The normalized spacial score (nSPS) is 10.2. The number of carbonyl (C=O) groups excluding carboxylic acids is 4. The van der Waals surface area contributed by atoms with Gasteiger partial charge in [-0.25, -0.2) is 0 Å². The van der Waals surface area contributed by atoms with Gasteiger partial charge >= 0.3 is 0 Å². The van der Waals surface area contributed by atoms with Gasteiger partial charge in [-0.2, -0.15) is 0 Å². The fourth-order valence-corrected chi connectivity index (χ4v) is 3.11. The summed E-state index contributed by atoms with van der Waals surface area (Å²) in [4.78, 5) is 49.8. The molecule has 0 atom stereocenters. The Hall–Kier alpha value is -3.88. The maximum absolute atomic E-state index is 12.6. The number of hydrogen-bond donors (Lipinski definition) is 0. The third-order valence-electron chi connectivity index (χ3n) is 4.85. The molecule has 2 aromatic rings. The minimum absolute atomic E-state index is 0.0423. The summed E-state index contributed by atoms with van der Waals surface area (Å²) in [7, 11) is 7.08. The summed E-state index contributed by atoms with van der Waals surface area (Å²) >= 11 is 0. The van der Waals surface area contributed by atoms with Crippen LogP contribution in [0.25, 0.3) is 0 Å². The van der Waals surface area contributed by atoms with Gasteiger partial charge in [0.15, 0.2) is 11.5 Å². The summed E-state index contributed by atoms with van der Waals surface area (Å²) < 4.78 is 25.8. The molecule has 0 aliphatic heterocycles. The van der Waals surface area contributed by atoms with Gasteiger partial charge in [0.25, 0.3) is 0 Å². The molecule has 2 aromatic carbocycles. The summed E-state index contributed by atoms with van der Waals surface area (Å²) in [6, 6.07) is 7.21. The van der Waals surface area contributed by atoms with Crippen LogP contribution in [-0.4, -0.2) is 58.7 Å². The van der Waals surface area contributed by atoms with Gasteiger partial charge in [-0.1, -0.05) is 0 Å². The third kappa shape index (κ3) is 6.09. The number of rotatable bonds is 13. The van der Waals surface area contributed by atoms with Gasteiger partial charge in [-0.05, 0) is 30.7 Å². The van der Waals surface area contributed by atoms with Crippen LogP contribution < -0.4 is 23.7 Å². The van der Waals surface area contributed by atoms with E-state index in [9.17, 15) is 19.2 Å². The van der Waals surface area contributed by atoms with Crippen LogP contribution in [0.4, 0.5) is 0 Å². The molecular weight excluding hydrogens is 432 g/mol. The topological polar surface area (TPSA) is 114 Å².